The predicted molar refractivity (Wildman–Crippen MR) is 85.5 cm³/mol. The van der Waals surface area contributed by atoms with Gasteiger partial charge in [-0.1, -0.05) is 0 Å². The third kappa shape index (κ3) is 9.58. The largest absolute Gasteiger partial charge is 0.464 e. The van der Waals surface area contributed by atoms with E-state index in [2.05, 4.69) is 5.32 Å². The molecule has 0 heterocycles. The van der Waals surface area contributed by atoms with Crippen LogP contribution >= 0.6 is 7.60 Å². The molecule has 0 rings (SSSR count). The summed E-state index contributed by atoms with van der Waals surface area (Å²) in [5.74, 6) is -0.724. The van der Waals surface area contributed by atoms with Crippen LogP contribution in [-0.4, -0.2) is 49.7 Å². The zero-order valence-corrected chi connectivity index (χ0v) is 15.6. The van der Waals surface area contributed by atoms with Gasteiger partial charge in [0.15, 0.2) is 0 Å². The van der Waals surface area contributed by atoms with Gasteiger partial charge in [0.25, 0.3) is 0 Å². The summed E-state index contributed by atoms with van der Waals surface area (Å²) < 4.78 is 32.8. The van der Waals surface area contributed by atoms with Gasteiger partial charge in [0.05, 0.1) is 26.0 Å². The quantitative estimate of drug-likeness (QED) is 0.502. The van der Waals surface area contributed by atoms with Gasteiger partial charge in [-0.15, -0.1) is 0 Å². The molecule has 0 aromatic heterocycles. The molecule has 0 bridgehead atoms. The molecular weight excluding hydrogens is 325 g/mol. The monoisotopic (exact) mass is 353 g/mol. The first-order chi connectivity index (χ1) is 10.6. The van der Waals surface area contributed by atoms with E-state index in [4.69, 9.17) is 18.5 Å². The lowest BCUT2D eigenvalue weighted by Crippen LogP contribution is -2.46. The van der Waals surface area contributed by atoms with E-state index in [1.807, 2.05) is 0 Å². The zero-order chi connectivity index (χ0) is 18.1. The molecule has 0 spiro atoms. The van der Waals surface area contributed by atoms with Gasteiger partial charge in [-0.25, -0.2) is 9.59 Å². The second-order valence-electron chi connectivity index (χ2n) is 5.58. The van der Waals surface area contributed by atoms with Gasteiger partial charge in [0.2, 0.25) is 0 Å². The highest BCUT2D eigenvalue weighted by molar-refractivity contribution is 7.54. The third-order valence-electron chi connectivity index (χ3n) is 2.32. The molecule has 0 aromatic rings. The van der Waals surface area contributed by atoms with Crippen molar-refractivity contribution in [2.45, 2.75) is 53.2 Å². The summed E-state index contributed by atoms with van der Waals surface area (Å²) in [4.78, 5) is 23.9. The molecular formula is C14H28NO7P. The van der Waals surface area contributed by atoms with Crippen molar-refractivity contribution in [3.63, 3.8) is 0 Å². The first-order valence-electron chi connectivity index (χ1n) is 7.61. The van der Waals surface area contributed by atoms with E-state index in [0.29, 0.717) is 0 Å². The summed E-state index contributed by atoms with van der Waals surface area (Å²) in [7, 11) is -3.53. The van der Waals surface area contributed by atoms with Crippen LogP contribution in [0.3, 0.4) is 0 Å². The van der Waals surface area contributed by atoms with E-state index in [-0.39, 0.29) is 26.0 Å². The summed E-state index contributed by atoms with van der Waals surface area (Å²) in [5, 5.41) is 2.36. The fraction of sp³-hybridized carbons (Fsp3) is 0.857. The van der Waals surface area contributed by atoms with Gasteiger partial charge < -0.3 is 23.8 Å². The molecule has 0 saturated carbocycles. The van der Waals surface area contributed by atoms with Gasteiger partial charge >= 0.3 is 19.7 Å². The Morgan fingerprint density at radius 1 is 1.04 bits per heavy atom. The number of amides is 1. The fourth-order valence-corrected chi connectivity index (χ4v) is 3.39. The number of nitrogens with one attached hydrogen (secondary N) is 1. The van der Waals surface area contributed by atoms with Crippen LogP contribution in [-0.2, 0) is 27.9 Å². The third-order valence-corrected chi connectivity index (χ3v) is 4.44. The van der Waals surface area contributed by atoms with Gasteiger partial charge in [-0.3, -0.25) is 4.57 Å². The van der Waals surface area contributed by atoms with Crippen molar-refractivity contribution in [2.75, 3.05) is 26.0 Å². The average Bonchev–Trinajstić information content (AvgIpc) is 2.36. The summed E-state index contributed by atoms with van der Waals surface area (Å²) in [6.45, 7) is 10.5. The number of carbonyl (C=O) groups excluding carboxylic acids is 2. The van der Waals surface area contributed by atoms with E-state index >= 15 is 0 Å². The van der Waals surface area contributed by atoms with Crippen LogP contribution in [0.4, 0.5) is 4.79 Å². The van der Waals surface area contributed by atoms with Crippen LogP contribution in [0.15, 0.2) is 0 Å². The molecule has 0 aliphatic rings. The van der Waals surface area contributed by atoms with Crippen LogP contribution in [0.5, 0.6) is 0 Å². The topological polar surface area (TPSA) is 100 Å². The summed E-state index contributed by atoms with van der Waals surface area (Å²) >= 11 is 0. The Morgan fingerprint density at radius 2 is 1.57 bits per heavy atom. The highest BCUT2D eigenvalue weighted by atomic mass is 31.2. The van der Waals surface area contributed by atoms with Gasteiger partial charge in [-0.05, 0) is 41.5 Å². The van der Waals surface area contributed by atoms with E-state index in [1.165, 1.54) is 0 Å². The predicted octanol–water partition coefficient (Wildman–Crippen LogP) is 2.71. The maximum atomic E-state index is 12.6. The normalized spacial score (nSPS) is 13.3. The molecule has 23 heavy (non-hydrogen) atoms. The lowest BCUT2D eigenvalue weighted by Gasteiger charge is -2.25. The minimum atomic E-state index is -3.53. The fourth-order valence-electron chi connectivity index (χ4n) is 1.63. The molecule has 0 aliphatic carbocycles. The summed E-state index contributed by atoms with van der Waals surface area (Å²) in [5.41, 5.74) is -0.729. The van der Waals surface area contributed by atoms with Gasteiger partial charge in [0, 0.05) is 0 Å². The van der Waals surface area contributed by atoms with Crippen molar-refractivity contribution in [3.8, 4) is 0 Å². The van der Waals surface area contributed by atoms with Crippen molar-refractivity contribution < 1.29 is 32.7 Å². The summed E-state index contributed by atoms with van der Waals surface area (Å²) in [6, 6.07) is -1.19. The Morgan fingerprint density at radius 3 is 1.96 bits per heavy atom. The Kier molecular flexibility index (Phi) is 9.42. The number of hydrogen-bond donors (Lipinski definition) is 1. The van der Waals surface area contributed by atoms with Crippen molar-refractivity contribution in [1.82, 2.24) is 5.32 Å². The number of rotatable bonds is 9. The molecule has 1 unspecified atom stereocenters. The highest BCUT2D eigenvalue weighted by Crippen LogP contribution is 2.48. The molecule has 1 atom stereocenters. The smallest absolute Gasteiger partial charge is 0.408 e. The molecule has 1 N–H and O–H groups in total. The average molecular weight is 353 g/mol. The van der Waals surface area contributed by atoms with Crippen LogP contribution in [0.25, 0.3) is 0 Å². The minimum Gasteiger partial charge on any atom is -0.464 e. The first-order valence-corrected chi connectivity index (χ1v) is 9.34. The van der Waals surface area contributed by atoms with Crippen molar-refractivity contribution >= 4 is 19.7 Å². The van der Waals surface area contributed by atoms with Gasteiger partial charge in [0.1, 0.15) is 11.6 Å². The van der Waals surface area contributed by atoms with Crippen LogP contribution < -0.4 is 5.32 Å². The van der Waals surface area contributed by atoms with E-state index in [1.54, 1.807) is 41.5 Å². The maximum Gasteiger partial charge on any atom is 0.408 e. The number of hydrogen-bond acceptors (Lipinski definition) is 7. The first kappa shape index (κ1) is 21.9. The Labute approximate surface area is 137 Å². The summed E-state index contributed by atoms with van der Waals surface area (Å²) in [6.07, 6.45) is -1.14. The van der Waals surface area contributed by atoms with E-state index in [0.717, 1.165) is 0 Å². The Hall–Kier alpha value is -1.11. The number of alkyl carbamates (subject to hydrolysis) is 1. The SMILES string of the molecule is CCOC(=O)C(CP(=O)(OCC)OCC)NC(=O)OC(C)(C)C. The second kappa shape index (κ2) is 9.90. The minimum absolute atomic E-state index is 0.124. The van der Waals surface area contributed by atoms with Crippen molar-refractivity contribution in [2.24, 2.45) is 0 Å². The van der Waals surface area contributed by atoms with Crippen LogP contribution in [0, 0.1) is 0 Å². The Bertz CT molecular complexity index is 423. The maximum absolute atomic E-state index is 12.6. The molecule has 0 fully saturated rings. The van der Waals surface area contributed by atoms with Crippen LogP contribution in [0.1, 0.15) is 41.5 Å². The highest BCUT2D eigenvalue weighted by Gasteiger charge is 2.35. The van der Waals surface area contributed by atoms with Crippen LogP contribution in [0.2, 0.25) is 0 Å². The lowest BCUT2D eigenvalue weighted by atomic mass is 10.2. The zero-order valence-electron chi connectivity index (χ0n) is 14.7. The van der Waals surface area contributed by atoms with E-state index < -0.39 is 31.3 Å². The molecule has 8 nitrogen and oxygen atoms in total. The number of ether oxygens (including phenoxy) is 2. The van der Waals surface area contributed by atoms with Crippen molar-refractivity contribution in [1.29, 1.82) is 0 Å². The molecule has 0 radical (unpaired) electrons. The second-order valence-corrected chi connectivity index (χ2v) is 7.68. The molecule has 0 aliphatic heterocycles. The van der Waals surface area contributed by atoms with E-state index in [9.17, 15) is 14.2 Å². The van der Waals surface area contributed by atoms with Crippen molar-refractivity contribution in [3.05, 3.63) is 0 Å². The number of esters is 1. The lowest BCUT2D eigenvalue weighted by molar-refractivity contribution is -0.145. The Balaban J connectivity index is 5.10. The molecule has 9 heteroatoms. The molecule has 0 saturated heterocycles. The standard InChI is InChI=1S/C14H28NO7P/c1-7-19-12(16)11(15-13(17)22-14(4,5)6)10-23(18,20-8-2)21-9-3/h11H,7-10H2,1-6H3,(H,15,17). The molecule has 1 amide bonds. The van der Waals surface area contributed by atoms with Gasteiger partial charge in [-0.2, -0.15) is 0 Å². The number of carbonyl (C=O) groups is 2. The molecule has 136 valence electrons. The molecule has 0 aromatic carbocycles.